The van der Waals surface area contributed by atoms with E-state index in [1.807, 2.05) is 4.72 Å². The monoisotopic (exact) mass is 394 g/mol. The van der Waals surface area contributed by atoms with Gasteiger partial charge in [0.2, 0.25) is 0 Å². The van der Waals surface area contributed by atoms with Gasteiger partial charge in [-0.2, -0.15) is 0 Å². The molecule has 24 heavy (non-hydrogen) atoms. The number of benzene rings is 2. The van der Waals surface area contributed by atoms with Gasteiger partial charge in [-0.05, 0) is 25.1 Å². The number of rotatable bonds is 4. The molecule has 0 saturated heterocycles. The van der Waals surface area contributed by atoms with Crippen molar-refractivity contribution in [2.24, 2.45) is 0 Å². The molecule has 0 saturated carbocycles. The number of nitro benzene ring substituents is 1. The fraction of sp³-hybridized carbons (Fsp3) is 0.0769. The lowest BCUT2D eigenvalue weighted by atomic mass is 10.2. The van der Waals surface area contributed by atoms with Gasteiger partial charge >= 0.3 is 0 Å². The van der Waals surface area contributed by atoms with E-state index in [-0.39, 0.29) is 15.6 Å². The molecule has 0 radical (unpaired) electrons. The van der Waals surface area contributed by atoms with Crippen LogP contribution in [0.15, 0.2) is 29.2 Å². The van der Waals surface area contributed by atoms with Crippen molar-refractivity contribution in [1.29, 1.82) is 0 Å². The summed E-state index contributed by atoms with van der Waals surface area (Å²) in [5.41, 5.74) is -1.10. The summed E-state index contributed by atoms with van der Waals surface area (Å²) < 4.78 is 40.4. The Balaban J connectivity index is 2.55. The van der Waals surface area contributed by atoms with E-state index < -0.39 is 42.8 Å². The average molecular weight is 395 g/mol. The molecule has 2 aromatic rings. The molecule has 0 unspecified atom stereocenters. The maximum atomic E-state index is 13.9. The molecule has 0 fully saturated rings. The van der Waals surface area contributed by atoms with Gasteiger partial charge in [-0.1, -0.05) is 23.2 Å². The predicted octanol–water partition coefficient (Wildman–Crippen LogP) is 3.86. The molecule has 0 aliphatic carbocycles. The Bertz CT molecular complexity index is 950. The number of phenols is 1. The van der Waals surface area contributed by atoms with E-state index in [1.54, 1.807) is 0 Å². The zero-order chi connectivity index (χ0) is 18.2. The van der Waals surface area contributed by atoms with Crippen LogP contribution in [0.2, 0.25) is 10.0 Å². The number of hydrogen-bond donors (Lipinski definition) is 2. The van der Waals surface area contributed by atoms with E-state index in [1.165, 1.54) is 6.92 Å². The van der Waals surface area contributed by atoms with Crippen LogP contribution in [-0.4, -0.2) is 18.4 Å². The number of aromatic hydroxyl groups is 1. The molecule has 2 N–H and O–H groups in total. The first-order valence-corrected chi connectivity index (χ1v) is 8.42. The van der Waals surface area contributed by atoms with Gasteiger partial charge < -0.3 is 5.11 Å². The highest BCUT2D eigenvalue weighted by atomic mass is 35.5. The molecule has 0 spiro atoms. The van der Waals surface area contributed by atoms with Gasteiger partial charge in [0.05, 0.1) is 15.6 Å². The van der Waals surface area contributed by atoms with E-state index in [9.17, 15) is 28.0 Å². The van der Waals surface area contributed by atoms with Crippen LogP contribution in [0.25, 0.3) is 0 Å². The topological polar surface area (TPSA) is 110 Å². The second-order valence-corrected chi connectivity index (χ2v) is 7.21. The van der Waals surface area contributed by atoms with Crippen molar-refractivity contribution in [3.63, 3.8) is 0 Å². The van der Waals surface area contributed by atoms with Crippen molar-refractivity contribution in [1.82, 2.24) is 0 Å². The van der Waals surface area contributed by atoms with Gasteiger partial charge in [0.25, 0.3) is 15.7 Å². The molecule has 0 atom stereocenters. The molecule has 0 bridgehead atoms. The molecule has 2 aromatic carbocycles. The molecule has 2 rings (SSSR count). The molecule has 128 valence electrons. The van der Waals surface area contributed by atoms with Crippen molar-refractivity contribution in [3.8, 4) is 5.75 Å². The summed E-state index contributed by atoms with van der Waals surface area (Å²) in [4.78, 5) is 9.43. The van der Waals surface area contributed by atoms with Gasteiger partial charge in [-0.15, -0.1) is 0 Å². The Morgan fingerprint density at radius 1 is 1.25 bits per heavy atom. The molecule has 11 heteroatoms. The van der Waals surface area contributed by atoms with Crippen LogP contribution < -0.4 is 4.72 Å². The van der Waals surface area contributed by atoms with E-state index in [2.05, 4.69) is 0 Å². The predicted molar refractivity (Wildman–Crippen MR) is 86.7 cm³/mol. The van der Waals surface area contributed by atoms with Crippen molar-refractivity contribution in [2.75, 3.05) is 4.72 Å². The third kappa shape index (κ3) is 3.53. The summed E-state index contributed by atoms with van der Waals surface area (Å²) in [5, 5.41) is 20.3. The second kappa shape index (κ2) is 6.42. The maximum absolute atomic E-state index is 13.9. The van der Waals surface area contributed by atoms with Crippen molar-refractivity contribution >= 4 is 44.6 Å². The molecule has 7 nitrogen and oxygen atoms in total. The molecule has 0 aromatic heterocycles. The standard InChI is InChI=1S/C13H9Cl2FN2O5S/c1-6-2-9(16)10(5-11(6)18(20)21)17-24(22,23)12-4-7(14)3-8(15)13(12)19/h2-5,17,19H,1H3. The normalized spacial score (nSPS) is 11.3. The van der Waals surface area contributed by atoms with Crippen molar-refractivity contribution < 1.29 is 22.8 Å². The zero-order valence-electron chi connectivity index (χ0n) is 11.9. The second-order valence-electron chi connectivity index (χ2n) is 4.72. The number of aryl methyl sites for hydroxylation is 1. The third-order valence-corrected chi connectivity index (χ3v) is 4.89. The Morgan fingerprint density at radius 2 is 1.88 bits per heavy atom. The number of phenolic OH excluding ortho intramolecular Hbond substituents is 1. The summed E-state index contributed by atoms with van der Waals surface area (Å²) in [7, 11) is -4.50. The molecule has 0 amide bonds. The summed E-state index contributed by atoms with van der Waals surface area (Å²) >= 11 is 11.4. The Morgan fingerprint density at radius 3 is 2.46 bits per heavy atom. The minimum Gasteiger partial charge on any atom is -0.505 e. The fourth-order valence-corrected chi connectivity index (χ4v) is 3.70. The van der Waals surface area contributed by atoms with Crippen molar-refractivity contribution in [2.45, 2.75) is 11.8 Å². The van der Waals surface area contributed by atoms with Gasteiger partial charge in [-0.25, -0.2) is 12.8 Å². The van der Waals surface area contributed by atoms with Crippen LogP contribution in [0.5, 0.6) is 5.75 Å². The van der Waals surface area contributed by atoms with Crippen LogP contribution >= 0.6 is 23.2 Å². The molecule has 0 aliphatic heterocycles. The highest BCUT2D eigenvalue weighted by molar-refractivity contribution is 7.92. The number of nitrogens with zero attached hydrogens (tertiary/aromatic N) is 1. The molecule has 0 heterocycles. The number of halogens is 3. The van der Waals surface area contributed by atoms with Crippen LogP contribution in [0.3, 0.4) is 0 Å². The first-order valence-electron chi connectivity index (χ1n) is 6.18. The fourth-order valence-electron chi connectivity index (χ4n) is 1.88. The first kappa shape index (κ1) is 18.2. The number of nitrogens with one attached hydrogen (secondary N) is 1. The van der Waals surface area contributed by atoms with Gasteiger partial charge in [-0.3, -0.25) is 14.8 Å². The van der Waals surface area contributed by atoms with E-state index in [0.29, 0.717) is 0 Å². The van der Waals surface area contributed by atoms with E-state index >= 15 is 0 Å². The van der Waals surface area contributed by atoms with E-state index in [4.69, 9.17) is 23.2 Å². The molecular formula is C13H9Cl2FN2O5S. The summed E-state index contributed by atoms with van der Waals surface area (Å²) in [6.45, 7) is 1.31. The first-order chi connectivity index (χ1) is 11.0. The minimum atomic E-state index is -4.50. The highest BCUT2D eigenvalue weighted by Crippen LogP contribution is 2.36. The lowest BCUT2D eigenvalue weighted by Crippen LogP contribution is -2.15. The summed E-state index contributed by atoms with van der Waals surface area (Å²) in [6.07, 6.45) is 0. The van der Waals surface area contributed by atoms with E-state index in [0.717, 1.165) is 24.3 Å². The van der Waals surface area contributed by atoms with Gasteiger partial charge in [0, 0.05) is 16.7 Å². The van der Waals surface area contributed by atoms with Crippen LogP contribution in [0.1, 0.15) is 5.56 Å². The number of nitro groups is 1. The molecule has 0 aliphatic rings. The van der Waals surface area contributed by atoms with Crippen molar-refractivity contribution in [3.05, 3.63) is 55.8 Å². The quantitative estimate of drug-likeness (QED) is 0.604. The zero-order valence-corrected chi connectivity index (χ0v) is 14.2. The van der Waals surface area contributed by atoms with Crippen LogP contribution in [-0.2, 0) is 10.0 Å². The number of sulfonamides is 1. The molecular weight excluding hydrogens is 386 g/mol. The smallest absolute Gasteiger partial charge is 0.274 e. The maximum Gasteiger partial charge on any atom is 0.274 e. The van der Waals surface area contributed by atoms with Gasteiger partial charge in [0.15, 0.2) is 5.75 Å². The average Bonchev–Trinajstić information content (AvgIpc) is 2.45. The van der Waals surface area contributed by atoms with Crippen LogP contribution in [0, 0.1) is 22.9 Å². The highest BCUT2D eigenvalue weighted by Gasteiger charge is 2.25. The summed E-state index contributed by atoms with van der Waals surface area (Å²) in [5.74, 6) is -1.80. The van der Waals surface area contributed by atoms with Crippen LogP contribution in [0.4, 0.5) is 15.8 Å². The Kier molecular flexibility index (Phi) is 4.88. The SMILES string of the molecule is Cc1cc(F)c(NS(=O)(=O)c2cc(Cl)cc(Cl)c2O)cc1[N+](=O)[O-]. The third-order valence-electron chi connectivity index (χ3n) is 3.01. The Labute approximate surface area is 145 Å². The summed E-state index contributed by atoms with van der Waals surface area (Å²) in [6, 6.07) is 3.59. The van der Waals surface area contributed by atoms with Gasteiger partial charge in [0.1, 0.15) is 10.7 Å². The minimum absolute atomic E-state index is 0.0223. The lowest BCUT2D eigenvalue weighted by Gasteiger charge is -2.12. The number of hydrogen-bond acceptors (Lipinski definition) is 5. The number of anilines is 1. The Hall–Kier alpha value is -2.10. The largest absolute Gasteiger partial charge is 0.505 e. The lowest BCUT2D eigenvalue weighted by molar-refractivity contribution is -0.385.